The standard InChI is InChI=1S/C14H24N4O.2ClH/c1-3-18-10-13(9-16-18)12-4-6-17(7-5-12)14(19)8-11(2)15;;/h9-12H,3-8,15H2,1-2H3;2*1H. The fourth-order valence-corrected chi connectivity index (χ4v) is 2.63. The predicted molar refractivity (Wildman–Crippen MR) is 89.2 cm³/mol. The second kappa shape index (κ2) is 9.28. The highest BCUT2D eigenvalue weighted by Gasteiger charge is 2.24. The molecule has 1 amide bonds. The molecule has 0 aromatic carbocycles. The number of rotatable bonds is 4. The second-order valence-corrected chi connectivity index (χ2v) is 5.47. The first-order chi connectivity index (χ1) is 9.10. The number of amides is 1. The lowest BCUT2D eigenvalue weighted by molar-refractivity contribution is -0.132. The van der Waals surface area contributed by atoms with Gasteiger partial charge in [0.1, 0.15) is 0 Å². The third-order valence-electron chi connectivity index (χ3n) is 3.79. The highest BCUT2D eigenvalue weighted by atomic mass is 35.5. The number of halogens is 2. The molecule has 0 spiro atoms. The molecular weight excluding hydrogens is 311 g/mol. The number of hydrogen-bond donors (Lipinski definition) is 1. The fraction of sp³-hybridized carbons (Fsp3) is 0.714. The largest absolute Gasteiger partial charge is 0.343 e. The molecule has 2 rings (SSSR count). The Hall–Kier alpha value is -0.780. The summed E-state index contributed by atoms with van der Waals surface area (Å²) in [4.78, 5) is 13.9. The molecule has 1 atom stereocenters. The zero-order valence-corrected chi connectivity index (χ0v) is 14.3. The van der Waals surface area contributed by atoms with Crippen LogP contribution in [0.5, 0.6) is 0 Å². The summed E-state index contributed by atoms with van der Waals surface area (Å²) in [5.41, 5.74) is 6.98. The van der Waals surface area contributed by atoms with Crippen molar-refractivity contribution in [3.63, 3.8) is 0 Å². The Bertz CT molecular complexity index is 428. The maximum absolute atomic E-state index is 11.9. The van der Waals surface area contributed by atoms with Crippen LogP contribution in [-0.2, 0) is 11.3 Å². The number of nitrogens with two attached hydrogens (primary N) is 1. The van der Waals surface area contributed by atoms with Crippen molar-refractivity contribution in [3.05, 3.63) is 18.0 Å². The Morgan fingerprint density at radius 2 is 2.05 bits per heavy atom. The number of aromatic nitrogens is 2. The molecule has 2 heterocycles. The van der Waals surface area contributed by atoms with Gasteiger partial charge in [0.05, 0.1) is 6.20 Å². The predicted octanol–water partition coefficient (Wildman–Crippen LogP) is 2.19. The van der Waals surface area contributed by atoms with Crippen LogP contribution in [0, 0.1) is 0 Å². The van der Waals surface area contributed by atoms with Crippen LogP contribution in [0.2, 0.25) is 0 Å². The van der Waals surface area contributed by atoms with Crippen molar-refractivity contribution in [2.75, 3.05) is 13.1 Å². The third kappa shape index (κ3) is 5.49. The van der Waals surface area contributed by atoms with Gasteiger partial charge in [-0.05, 0) is 38.2 Å². The second-order valence-electron chi connectivity index (χ2n) is 5.47. The van der Waals surface area contributed by atoms with E-state index in [2.05, 4.69) is 18.2 Å². The van der Waals surface area contributed by atoms with Crippen LogP contribution in [0.15, 0.2) is 12.4 Å². The smallest absolute Gasteiger partial charge is 0.224 e. The van der Waals surface area contributed by atoms with E-state index in [1.165, 1.54) is 5.56 Å². The highest BCUT2D eigenvalue weighted by molar-refractivity contribution is 5.85. The van der Waals surface area contributed by atoms with Crippen molar-refractivity contribution in [2.45, 2.75) is 51.6 Å². The maximum atomic E-state index is 11.9. The molecule has 122 valence electrons. The van der Waals surface area contributed by atoms with E-state index in [1.54, 1.807) is 0 Å². The van der Waals surface area contributed by atoms with Crippen molar-refractivity contribution >= 4 is 30.7 Å². The van der Waals surface area contributed by atoms with Crippen LogP contribution in [-0.4, -0.2) is 39.7 Å². The van der Waals surface area contributed by atoms with Gasteiger partial charge in [-0.15, -0.1) is 24.8 Å². The average molecular weight is 337 g/mol. The van der Waals surface area contributed by atoms with E-state index in [0.29, 0.717) is 12.3 Å². The summed E-state index contributed by atoms with van der Waals surface area (Å²) in [6.45, 7) is 6.56. The van der Waals surface area contributed by atoms with Gasteiger partial charge >= 0.3 is 0 Å². The number of carbonyl (C=O) groups is 1. The molecule has 1 aliphatic rings. The van der Waals surface area contributed by atoms with Gasteiger partial charge in [0, 0.05) is 38.3 Å². The van der Waals surface area contributed by atoms with E-state index in [0.717, 1.165) is 32.5 Å². The molecule has 0 saturated carbocycles. The van der Waals surface area contributed by atoms with Crippen molar-refractivity contribution in [1.29, 1.82) is 0 Å². The fourth-order valence-electron chi connectivity index (χ4n) is 2.63. The summed E-state index contributed by atoms with van der Waals surface area (Å²) < 4.78 is 1.96. The molecule has 0 radical (unpaired) electrons. The molecule has 1 fully saturated rings. The van der Waals surface area contributed by atoms with Crippen molar-refractivity contribution < 1.29 is 4.79 Å². The van der Waals surface area contributed by atoms with Crippen LogP contribution in [0.1, 0.15) is 44.6 Å². The molecule has 7 heteroatoms. The number of piperidine rings is 1. The summed E-state index contributed by atoms with van der Waals surface area (Å²) in [6, 6.07) is -0.0481. The van der Waals surface area contributed by atoms with E-state index in [1.807, 2.05) is 22.7 Å². The van der Waals surface area contributed by atoms with Crippen LogP contribution in [0.25, 0.3) is 0 Å². The van der Waals surface area contributed by atoms with Gasteiger partial charge < -0.3 is 10.6 Å². The molecule has 0 bridgehead atoms. The zero-order chi connectivity index (χ0) is 13.8. The van der Waals surface area contributed by atoms with Crippen molar-refractivity contribution in [3.8, 4) is 0 Å². The van der Waals surface area contributed by atoms with E-state index < -0.39 is 0 Å². The van der Waals surface area contributed by atoms with Gasteiger partial charge in [-0.3, -0.25) is 9.48 Å². The molecule has 21 heavy (non-hydrogen) atoms. The summed E-state index contributed by atoms with van der Waals surface area (Å²) >= 11 is 0. The molecular formula is C14H26Cl2N4O. The number of aryl methyl sites for hydroxylation is 1. The van der Waals surface area contributed by atoms with Gasteiger partial charge in [0.15, 0.2) is 0 Å². The quantitative estimate of drug-likeness (QED) is 0.916. The summed E-state index contributed by atoms with van der Waals surface area (Å²) in [6.07, 6.45) is 6.61. The molecule has 1 saturated heterocycles. The minimum atomic E-state index is -0.0481. The topological polar surface area (TPSA) is 64.2 Å². The number of likely N-dealkylation sites (tertiary alicyclic amines) is 1. The van der Waals surface area contributed by atoms with Gasteiger partial charge in [-0.25, -0.2) is 0 Å². The minimum absolute atomic E-state index is 0. The lowest BCUT2D eigenvalue weighted by atomic mass is 9.91. The Kier molecular flexibility index (Phi) is 8.94. The van der Waals surface area contributed by atoms with Crippen LogP contribution in [0.4, 0.5) is 0 Å². The molecule has 2 N–H and O–H groups in total. The van der Waals surface area contributed by atoms with Gasteiger partial charge in [0.2, 0.25) is 5.91 Å². The van der Waals surface area contributed by atoms with Gasteiger partial charge in [0.25, 0.3) is 0 Å². The Morgan fingerprint density at radius 1 is 1.43 bits per heavy atom. The number of nitrogens with zero attached hydrogens (tertiary/aromatic N) is 3. The first kappa shape index (κ1) is 20.2. The minimum Gasteiger partial charge on any atom is -0.343 e. The van der Waals surface area contributed by atoms with E-state index in [9.17, 15) is 4.79 Å². The van der Waals surface area contributed by atoms with Crippen LogP contribution < -0.4 is 5.73 Å². The lowest BCUT2D eigenvalue weighted by Crippen LogP contribution is -2.40. The van der Waals surface area contributed by atoms with E-state index in [4.69, 9.17) is 5.73 Å². The first-order valence-corrected chi connectivity index (χ1v) is 7.15. The normalized spacial score (nSPS) is 16.8. The monoisotopic (exact) mass is 336 g/mol. The molecule has 1 unspecified atom stereocenters. The van der Waals surface area contributed by atoms with E-state index in [-0.39, 0.29) is 36.8 Å². The first-order valence-electron chi connectivity index (χ1n) is 7.15. The molecule has 0 aliphatic carbocycles. The molecule has 1 aromatic rings. The Morgan fingerprint density at radius 3 is 2.52 bits per heavy atom. The van der Waals surface area contributed by atoms with Gasteiger partial charge in [-0.2, -0.15) is 5.10 Å². The third-order valence-corrected chi connectivity index (χ3v) is 3.79. The Balaban J connectivity index is 0.00000200. The SMILES string of the molecule is CCn1cc(C2CCN(C(=O)CC(C)N)CC2)cn1.Cl.Cl. The molecule has 1 aliphatic heterocycles. The number of carbonyl (C=O) groups excluding carboxylic acids is 1. The average Bonchev–Trinajstić information content (AvgIpc) is 2.87. The lowest BCUT2D eigenvalue weighted by Gasteiger charge is -2.32. The van der Waals surface area contributed by atoms with Crippen molar-refractivity contribution in [1.82, 2.24) is 14.7 Å². The highest BCUT2D eigenvalue weighted by Crippen LogP contribution is 2.27. The molecule has 1 aromatic heterocycles. The zero-order valence-electron chi connectivity index (χ0n) is 12.7. The van der Waals surface area contributed by atoms with Crippen molar-refractivity contribution in [2.24, 2.45) is 5.73 Å². The Labute approximate surface area is 139 Å². The summed E-state index contributed by atoms with van der Waals surface area (Å²) in [5.74, 6) is 0.734. The van der Waals surface area contributed by atoms with Crippen LogP contribution >= 0.6 is 24.8 Å². The molecule has 5 nitrogen and oxygen atoms in total. The summed E-state index contributed by atoms with van der Waals surface area (Å²) in [5, 5.41) is 4.32. The maximum Gasteiger partial charge on any atom is 0.224 e. The van der Waals surface area contributed by atoms with E-state index >= 15 is 0 Å². The van der Waals surface area contributed by atoms with Crippen LogP contribution in [0.3, 0.4) is 0 Å². The summed E-state index contributed by atoms with van der Waals surface area (Å²) in [7, 11) is 0. The van der Waals surface area contributed by atoms with Gasteiger partial charge in [-0.1, -0.05) is 0 Å². The number of hydrogen-bond acceptors (Lipinski definition) is 3.